The zero-order valence-corrected chi connectivity index (χ0v) is 16.9. The fraction of sp³-hybridized carbons (Fsp3) is 0.273. The third-order valence-corrected chi connectivity index (χ3v) is 5.08. The summed E-state index contributed by atoms with van der Waals surface area (Å²) >= 11 is 0. The zero-order chi connectivity index (χ0) is 21.8. The third kappa shape index (κ3) is 4.23. The lowest BCUT2D eigenvalue weighted by molar-refractivity contribution is -0.858. The minimum atomic E-state index is -0.753. The Bertz CT molecular complexity index is 984. The number of nitrogens with zero attached hydrogens (tertiary/aromatic N) is 2. The molecule has 1 fully saturated rings. The van der Waals surface area contributed by atoms with E-state index < -0.39 is 22.7 Å². The molecule has 8 heteroatoms. The molecule has 0 aromatic heterocycles. The molecule has 1 aliphatic heterocycles. The number of carbonyl (C=O) groups is 2. The number of nitrogens with one attached hydrogen (secondary N) is 1. The maximum atomic E-state index is 12.9. The number of benzene rings is 2. The summed E-state index contributed by atoms with van der Waals surface area (Å²) in [5.41, 5.74) is 0.838. The summed E-state index contributed by atoms with van der Waals surface area (Å²) in [4.78, 5) is 38.7. The zero-order valence-electron chi connectivity index (χ0n) is 16.9. The van der Waals surface area contributed by atoms with Crippen LogP contribution in [-0.4, -0.2) is 53.8 Å². The summed E-state index contributed by atoms with van der Waals surface area (Å²) in [6.07, 6.45) is 0.705. The van der Waals surface area contributed by atoms with Gasteiger partial charge in [-0.25, -0.2) is 0 Å². The van der Waals surface area contributed by atoms with E-state index >= 15 is 0 Å². The number of nitro benzene ring substituents is 1. The van der Waals surface area contributed by atoms with Crippen LogP contribution in [0.5, 0.6) is 0 Å². The number of ketones is 1. The van der Waals surface area contributed by atoms with Crippen molar-refractivity contribution < 1.29 is 24.5 Å². The number of hydrogen-bond donors (Lipinski definition) is 2. The molecule has 0 bridgehead atoms. The molecule has 0 saturated carbocycles. The van der Waals surface area contributed by atoms with Gasteiger partial charge in [-0.05, 0) is 17.7 Å². The summed E-state index contributed by atoms with van der Waals surface area (Å²) in [5, 5.41) is 21.8. The van der Waals surface area contributed by atoms with Gasteiger partial charge in [-0.15, -0.1) is 0 Å². The molecule has 1 aliphatic rings. The first-order valence-electron chi connectivity index (χ1n) is 9.68. The molecule has 0 aliphatic carbocycles. The van der Waals surface area contributed by atoms with Gasteiger partial charge in [0.05, 0.1) is 37.2 Å². The molecule has 1 heterocycles. The van der Waals surface area contributed by atoms with Crippen molar-refractivity contribution in [2.75, 3.05) is 27.2 Å². The number of Topliss-reactive ketones (excluding diaryl/α,β-unsaturated/α-hetero) is 1. The smallest absolute Gasteiger partial charge is 0.295 e. The maximum absolute atomic E-state index is 12.9. The van der Waals surface area contributed by atoms with Gasteiger partial charge in [0.2, 0.25) is 0 Å². The van der Waals surface area contributed by atoms with Gasteiger partial charge in [-0.3, -0.25) is 19.7 Å². The molecule has 0 radical (unpaired) electrons. The van der Waals surface area contributed by atoms with E-state index in [-0.39, 0.29) is 22.6 Å². The van der Waals surface area contributed by atoms with Crippen molar-refractivity contribution in [1.29, 1.82) is 0 Å². The van der Waals surface area contributed by atoms with Gasteiger partial charge in [-0.2, -0.15) is 0 Å². The van der Waals surface area contributed by atoms with Crippen LogP contribution >= 0.6 is 0 Å². The second kappa shape index (κ2) is 8.87. The Kier molecular flexibility index (Phi) is 6.27. The summed E-state index contributed by atoms with van der Waals surface area (Å²) in [7, 11) is 4.02. The molecule has 1 atom stereocenters. The van der Waals surface area contributed by atoms with Crippen LogP contribution in [0.15, 0.2) is 60.2 Å². The fourth-order valence-corrected chi connectivity index (χ4v) is 3.59. The van der Waals surface area contributed by atoms with Crippen LogP contribution in [0, 0.1) is 10.1 Å². The number of rotatable bonds is 7. The van der Waals surface area contributed by atoms with Crippen LogP contribution in [0.4, 0.5) is 5.69 Å². The van der Waals surface area contributed by atoms with E-state index in [9.17, 15) is 24.8 Å². The Morgan fingerprint density at radius 2 is 1.73 bits per heavy atom. The first-order chi connectivity index (χ1) is 14.3. The number of hydrogen-bond acceptors (Lipinski definition) is 5. The van der Waals surface area contributed by atoms with E-state index in [4.69, 9.17) is 0 Å². The highest BCUT2D eigenvalue weighted by Crippen LogP contribution is 2.39. The molecule has 2 aromatic carbocycles. The first-order valence-corrected chi connectivity index (χ1v) is 9.68. The van der Waals surface area contributed by atoms with Crippen molar-refractivity contribution >= 4 is 23.1 Å². The molecule has 30 heavy (non-hydrogen) atoms. The van der Waals surface area contributed by atoms with Gasteiger partial charge in [0.25, 0.3) is 17.4 Å². The number of aliphatic hydroxyl groups excluding tert-OH is 1. The summed E-state index contributed by atoms with van der Waals surface area (Å²) in [6, 6.07) is 13.6. The van der Waals surface area contributed by atoms with Crippen LogP contribution in [0.25, 0.3) is 5.76 Å². The quantitative estimate of drug-likeness (QED) is 0.237. The summed E-state index contributed by atoms with van der Waals surface area (Å²) in [5.74, 6) is -1.74. The predicted molar refractivity (Wildman–Crippen MR) is 111 cm³/mol. The number of likely N-dealkylation sites (tertiary alicyclic amines) is 1. The molecule has 0 spiro atoms. The number of aliphatic hydroxyl groups is 1. The SMILES string of the molecule is C[NH+](C)CCCN1C(=O)C(=O)C(=C(O)c2ccc([N+](=O)[O-])cc2)[C@H]1c1ccccc1. The predicted octanol–water partition coefficient (Wildman–Crippen LogP) is 1.55. The molecular weight excluding hydrogens is 386 g/mol. The lowest BCUT2D eigenvalue weighted by Gasteiger charge is -2.25. The monoisotopic (exact) mass is 410 g/mol. The van der Waals surface area contributed by atoms with Gasteiger partial charge < -0.3 is 14.9 Å². The van der Waals surface area contributed by atoms with Crippen molar-refractivity contribution in [3.05, 3.63) is 81.4 Å². The van der Waals surface area contributed by atoms with E-state index in [0.717, 1.165) is 12.1 Å². The molecule has 1 saturated heterocycles. The Morgan fingerprint density at radius 1 is 1.10 bits per heavy atom. The normalized spacial score (nSPS) is 18.2. The van der Waals surface area contributed by atoms with Crippen molar-refractivity contribution in [3.63, 3.8) is 0 Å². The first kappa shape index (κ1) is 21.2. The highest BCUT2D eigenvalue weighted by molar-refractivity contribution is 6.46. The molecular formula is C22H24N3O5+. The highest BCUT2D eigenvalue weighted by atomic mass is 16.6. The van der Waals surface area contributed by atoms with E-state index in [1.165, 1.54) is 34.1 Å². The third-order valence-electron chi connectivity index (χ3n) is 5.08. The Hall–Kier alpha value is -3.52. The summed E-state index contributed by atoms with van der Waals surface area (Å²) < 4.78 is 0. The average molecular weight is 410 g/mol. The number of quaternary nitrogens is 1. The van der Waals surface area contributed by atoms with E-state index in [1.54, 1.807) is 0 Å². The van der Waals surface area contributed by atoms with Crippen molar-refractivity contribution in [2.45, 2.75) is 12.5 Å². The molecule has 156 valence electrons. The number of nitro groups is 1. The molecule has 2 N–H and O–H groups in total. The van der Waals surface area contributed by atoms with Gasteiger partial charge in [-0.1, -0.05) is 30.3 Å². The standard InChI is InChI=1S/C22H23N3O5/c1-23(2)13-6-14-24-19(15-7-4-3-5-8-15)18(21(27)22(24)28)20(26)16-9-11-17(12-10-16)25(29)30/h3-5,7-12,19,26H,6,13-14H2,1-2H3/p+1/t19-/m1/s1. The lowest BCUT2D eigenvalue weighted by atomic mass is 9.95. The molecule has 1 amide bonds. The van der Waals surface area contributed by atoms with Crippen molar-refractivity contribution in [1.82, 2.24) is 4.90 Å². The Morgan fingerprint density at radius 3 is 2.30 bits per heavy atom. The minimum absolute atomic E-state index is 0.00254. The molecule has 2 aromatic rings. The summed E-state index contributed by atoms with van der Waals surface area (Å²) in [6.45, 7) is 1.21. The van der Waals surface area contributed by atoms with E-state index in [0.29, 0.717) is 13.0 Å². The average Bonchev–Trinajstić information content (AvgIpc) is 2.98. The maximum Gasteiger partial charge on any atom is 0.295 e. The van der Waals surface area contributed by atoms with Crippen LogP contribution in [0.3, 0.4) is 0 Å². The van der Waals surface area contributed by atoms with Gasteiger partial charge in [0.15, 0.2) is 0 Å². The molecule has 3 rings (SSSR count). The number of amides is 1. The Balaban J connectivity index is 2.05. The minimum Gasteiger partial charge on any atom is -0.507 e. The van der Waals surface area contributed by atoms with Crippen molar-refractivity contribution in [2.24, 2.45) is 0 Å². The number of carbonyl (C=O) groups excluding carboxylic acids is 2. The van der Waals surface area contributed by atoms with Gasteiger partial charge in [0.1, 0.15) is 5.76 Å². The topological polar surface area (TPSA) is 105 Å². The second-order valence-corrected chi connectivity index (χ2v) is 7.52. The molecule has 8 nitrogen and oxygen atoms in total. The number of non-ortho nitro benzene ring substituents is 1. The lowest BCUT2D eigenvalue weighted by Crippen LogP contribution is -3.05. The second-order valence-electron chi connectivity index (χ2n) is 7.52. The van der Waals surface area contributed by atoms with Crippen LogP contribution in [0.1, 0.15) is 23.6 Å². The van der Waals surface area contributed by atoms with Crippen LogP contribution in [0.2, 0.25) is 0 Å². The van der Waals surface area contributed by atoms with Gasteiger partial charge in [0, 0.05) is 30.7 Å². The molecule has 0 unspecified atom stereocenters. The van der Waals surface area contributed by atoms with Gasteiger partial charge >= 0.3 is 0 Å². The fourth-order valence-electron chi connectivity index (χ4n) is 3.59. The largest absolute Gasteiger partial charge is 0.507 e. The van der Waals surface area contributed by atoms with E-state index in [1.807, 2.05) is 44.4 Å². The highest BCUT2D eigenvalue weighted by Gasteiger charge is 2.45. The van der Waals surface area contributed by atoms with E-state index in [2.05, 4.69) is 0 Å². The van der Waals surface area contributed by atoms with Crippen LogP contribution in [-0.2, 0) is 9.59 Å². The van der Waals surface area contributed by atoms with Crippen LogP contribution < -0.4 is 4.90 Å². The van der Waals surface area contributed by atoms with Crippen molar-refractivity contribution in [3.8, 4) is 0 Å². The Labute approximate surface area is 174 Å².